The zero-order valence-corrected chi connectivity index (χ0v) is 18.5. The van der Waals surface area contributed by atoms with Crippen LogP contribution in [0.2, 0.25) is 5.02 Å². The summed E-state index contributed by atoms with van der Waals surface area (Å²) in [6, 6.07) is 17.3. The number of rotatable bonds is 6. The van der Waals surface area contributed by atoms with Crippen LogP contribution in [0, 0.1) is 0 Å². The number of hydrogen-bond acceptors (Lipinski definition) is 6. The van der Waals surface area contributed by atoms with Gasteiger partial charge in [-0.05, 0) is 42.0 Å². The van der Waals surface area contributed by atoms with E-state index >= 15 is 0 Å². The summed E-state index contributed by atoms with van der Waals surface area (Å²) >= 11 is 6.27. The standard InChI is InChI=1S/C25H21ClN4O3/c26-19-5-6-23-21(13-19)30(15-18-3-1-2-4-22(18)33-23)12-9-24-29-20(16-32-24)25(31)28-14-17-7-10-27-11-8-17/h1-8,10-11,13,16H,9,12,14-15H2,(H,28,31). The molecule has 0 saturated heterocycles. The fourth-order valence-corrected chi connectivity index (χ4v) is 3.87. The second-order valence-electron chi connectivity index (χ2n) is 7.66. The molecule has 0 atom stereocenters. The molecule has 3 heterocycles. The number of nitrogens with one attached hydrogen (secondary N) is 1. The number of carbonyl (C=O) groups is 1. The van der Waals surface area contributed by atoms with E-state index in [0.29, 0.717) is 37.0 Å². The first-order chi connectivity index (χ1) is 16.2. The number of halogens is 1. The fraction of sp³-hybridized carbons (Fsp3) is 0.160. The first-order valence-electron chi connectivity index (χ1n) is 10.6. The molecule has 0 unspecified atom stereocenters. The van der Waals surface area contributed by atoms with E-state index in [2.05, 4.69) is 20.2 Å². The van der Waals surface area contributed by atoms with E-state index < -0.39 is 0 Å². The highest BCUT2D eigenvalue weighted by atomic mass is 35.5. The smallest absolute Gasteiger partial charge is 0.273 e. The van der Waals surface area contributed by atoms with Crippen LogP contribution >= 0.6 is 11.6 Å². The molecule has 7 nitrogen and oxygen atoms in total. The Balaban J connectivity index is 1.28. The van der Waals surface area contributed by atoms with E-state index in [1.165, 1.54) is 6.26 Å². The normalized spacial score (nSPS) is 12.3. The third-order valence-electron chi connectivity index (χ3n) is 5.40. The average Bonchev–Trinajstić information content (AvgIpc) is 3.26. The van der Waals surface area contributed by atoms with Crippen LogP contribution in [0.4, 0.5) is 5.69 Å². The Morgan fingerprint density at radius 3 is 2.82 bits per heavy atom. The van der Waals surface area contributed by atoms with Crippen LogP contribution in [-0.4, -0.2) is 22.4 Å². The number of hydrogen-bond donors (Lipinski definition) is 1. The van der Waals surface area contributed by atoms with Gasteiger partial charge in [0.1, 0.15) is 12.0 Å². The molecule has 8 heteroatoms. The maximum atomic E-state index is 12.4. The van der Waals surface area contributed by atoms with Crippen molar-refractivity contribution in [3.05, 3.63) is 101 Å². The predicted octanol–water partition coefficient (Wildman–Crippen LogP) is 5.01. The Bertz CT molecular complexity index is 1280. The van der Waals surface area contributed by atoms with Crippen LogP contribution in [0.1, 0.15) is 27.5 Å². The zero-order valence-electron chi connectivity index (χ0n) is 17.7. The van der Waals surface area contributed by atoms with Gasteiger partial charge in [0, 0.05) is 49.0 Å². The molecule has 2 aromatic carbocycles. The van der Waals surface area contributed by atoms with Gasteiger partial charge in [0.2, 0.25) is 0 Å². The molecule has 4 aromatic rings. The first kappa shape index (κ1) is 21.0. The van der Waals surface area contributed by atoms with Crippen LogP contribution in [0.3, 0.4) is 0 Å². The molecule has 0 aliphatic carbocycles. The molecule has 0 saturated carbocycles. The van der Waals surface area contributed by atoms with Crippen molar-refractivity contribution in [2.24, 2.45) is 0 Å². The van der Waals surface area contributed by atoms with Gasteiger partial charge in [-0.3, -0.25) is 9.78 Å². The van der Waals surface area contributed by atoms with E-state index in [1.807, 2.05) is 54.6 Å². The molecule has 1 N–H and O–H groups in total. The van der Waals surface area contributed by atoms with Crippen LogP contribution in [-0.2, 0) is 19.5 Å². The number of para-hydroxylation sites is 1. The number of aromatic nitrogens is 2. The van der Waals surface area contributed by atoms with Crippen LogP contribution in [0.15, 0.2) is 77.7 Å². The molecule has 166 valence electrons. The summed E-state index contributed by atoms with van der Waals surface area (Å²) in [7, 11) is 0. The van der Waals surface area contributed by atoms with Crippen molar-refractivity contribution >= 4 is 23.2 Å². The number of fused-ring (bicyclic) bond motifs is 2. The molecule has 0 radical (unpaired) electrons. The van der Waals surface area contributed by atoms with Gasteiger partial charge in [0.25, 0.3) is 5.91 Å². The summed E-state index contributed by atoms with van der Waals surface area (Å²) in [4.78, 5) is 23.0. The summed E-state index contributed by atoms with van der Waals surface area (Å²) in [5.41, 5.74) is 3.20. The number of nitrogens with zero attached hydrogens (tertiary/aromatic N) is 3. The highest BCUT2D eigenvalue weighted by Gasteiger charge is 2.22. The highest BCUT2D eigenvalue weighted by molar-refractivity contribution is 6.31. The summed E-state index contributed by atoms with van der Waals surface area (Å²) in [6.07, 6.45) is 5.29. The molecular formula is C25H21ClN4O3. The quantitative estimate of drug-likeness (QED) is 0.435. The largest absolute Gasteiger partial charge is 0.455 e. The maximum absolute atomic E-state index is 12.4. The minimum Gasteiger partial charge on any atom is -0.455 e. The van der Waals surface area contributed by atoms with Crippen molar-refractivity contribution in [2.45, 2.75) is 19.5 Å². The van der Waals surface area contributed by atoms with Gasteiger partial charge in [-0.1, -0.05) is 29.8 Å². The van der Waals surface area contributed by atoms with Crippen molar-refractivity contribution in [1.82, 2.24) is 15.3 Å². The number of benzene rings is 2. The lowest BCUT2D eigenvalue weighted by atomic mass is 10.2. The lowest BCUT2D eigenvalue weighted by Gasteiger charge is -2.23. The minimum absolute atomic E-state index is 0.257. The molecule has 1 amide bonds. The topological polar surface area (TPSA) is 80.5 Å². The zero-order chi connectivity index (χ0) is 22.6. The third-order valence-corrected chi connectivity index (χ3v) is 5.63. The van der Waals surface area contributed by atoms with Crippen LogP contribution in [0.5, 0.6) is 11.5 Å². The Morgan fingerprint density at radius 2 is 1.94 bits per heavy atom. The lowest BCUT2D eigenvalue weighted by molar-refractivity contribution is 0.0946. The summed E-state index contributed by atoms with van der Waals surface area (Å²) < 4.78 is 11.7. The van der Waals surface area contributed by atoms with Gasteiger partial charge in [-0.2, -0.15) is 0 Å². The molecule has 2 aromatic heterocycles. The average molecular weight is 461 g/mol. The summed E-state index contributed by atoms with van der Waals surface area (Å²) in [5, 5.41) is 3.48. The monoisotopic (exact) mass is 460 g/mol. The Hall–Kier alpha value is -3.84. The lowest BCUT2D eigenvalue weighted by Crippen LogP contribution is -2.25. The Labute approximate surface area is 196 Å². The van der Waals surface area contributed by atoms with Gasteiger partial charge >= 0.3 is 0 Å². The number of ether oxygens (including phenoxy) is 1. The van der Waals surface area contributed by atoms with Gasteiger partial charge < -0.3 is 19.4 Å². The summed E-state index contributed by atoms with van der Waals surface area (Å²) in [6.45, 7) is 1.67. The fourth-order valence-electron chi connectivity index (χ4n) is 3.70. The van der Waals surface area contributed by atoms with Crippen molar-refractivity contribution in [3.63, 3.8) is 0 Å². The predicted molar refractivity (Wildman–Crippen MR) is 125 cm³/mol. The van der Waals surface area contributed by atoms with Gasteiger partial charge in [-0.25, -0.2) is 4.98 Å². The first-order valence-corrected chi connectivity index (χ1v) is 11.0. The summed E-state index contributed by atoms with van der Waals surface area (Å²) in [5.74, 6) is 1.78. The SMILES string of the molecule is O=C(NCc1ccncc1)c1coc(CCN2Cc3ccccc3Oc3ccc(Cl)cc32)n1. The highest BCUT2D eigenvalue weighted by Crippen LogP contribution is 2.40. The van der Waals surface area contributed by atoms with Crippen LogP contribution in [0.25, 0.3) is 0 Å². The Kier molecular flexibility index (Phi) is 5.95. The molecule has 33 heavy (non-hydrogen) atoms. The maximum Gasteiger partial charge on any atom is 0.273 e. The van der Waals surface area contributed by atoms with Crippen molar-refractivity contribution in [2.75, 3.05) is 11.4 Å². The van der Waals surface area contributed by atoms with Crippen molar-refractivity contribution in [3.8, 4) is 11.5 Å². The number of anilines is 1. The molecule has 0 bridgehead atoms. The van der Waals surface area contributed by atoms with Crippen molar-refractivity contribution in [1.29, 1.82) is 0 Å². The second-order valence-corrected chi connectivity index (χ2v) is 8.09. The molecule has 1 aliphatic heterocycles. The minimum atomic E-state index is -0.281. The van der Waals surface area contributed by atoms with E-state index in [9.17, 15) is 4.79 Å². The number of oxazole rings is 1. The van der Waals surface area contributed by atoms with E-state index in [-0.39, 0.29) is 11.6 Å². The van der Waals surface area contributed by atoms with E-state index in [4.69, 9.17) is 20.8 Å². The van der Waals surface area contributed by atoms with E-state index in [1.54, 1.807) is 12.4 Å². The molecular weight excluding hydrogens is 440 g/mol. The molecule has 5 rings (SSSR count). The molecule has 0 spiro atoms. The third kappa shape index (κ3) is 4.83. The Morgan fingerprint density at radius 1 is 1.09 bits per heavy atom. The van der Waals surface area contributed by atoms with Gasteiger partial charge in [-0.15, -0.1) is 0 Å². The van der Waals surface area contributed by atoms with Gasteiger partial charge in [0.05, 0.1) is 5.69 Å². The van der Waals surface area contributed by atoms with Gasteiger partial charge in [0.15, 0.2) is 17.3 Å². The molecule has 0 fully saturated rings. The van der Waals surface area contributed by atoms with E-state index in [0.717, 1.165) is 28.3 Å². The van der Waals surface area contributed by atoms with Crippen molar-refractivity contribution < 1.29 is 13.9 Å². The second kappa shape index (κ2) is 9.34. The number of pyridine rings is 1. The number of amides is 1. The van der Waals surface area contributed by atoms with Crippen LogP contribution < -0.4 is 15.0 Å². The number of carbonyl (C=O) groups excluding carboxylic acids is 1. The molecule has 1 aliphatic rings.